The number of nitrogens with one attached hydrogen (secondary N) is 2. The van der Waals surface area contributed by atoms with Crippen LogP contribution in [0.4, 0.5) is 21.0 Å². The van der Waals surface area contributed by atoms with Gasteiger partial charge in [0.1, 0.15) is 24.7 Å². The highest BCUT2D eigenvalue weighted by Crippen LogP contribution is 2.37. The first-order valence-electron chi connectivity index (χ1n) is 25.4. The topological polar surface area (TPSA) is 287 Å². The lowest BCUT2D eigenvalue weighted by atomic mass is 10.2. The van der Waals surface area contributed by atoms with Gasteiger partial charge in [-0.3, -0.25) is 9.59 Å². The van der Waals surface area contributed by atoms with Crippen LogP contribution in [0.25, 0.3) is 22.8 Å². The molecule has 0 aliphatic rings. The van der Waals surface area contributed by atoms with E-state index in [0.717, 1.165) is 5.56 Å². The summed E-state index contributed by atoms with van der Waals surface area (Å²) in [7, 11) is 1.26. The third-order valence-corrected chi connectivity index (χ3v) is 16.4. The van der Waals surface area contributed by atoms with E-state index in [1.807, 2.05) is 19.1 Å². The predicted molar refractivity (Wildman–Crippen MR) is 294 cm³/mol. The molecule has 0 aliphatic carbocycles. The van der Waals surface area contributed by atoms with E-state index in [-0.39, 0.29) is 73.1 Å². The normalized spacial score (nSPS) is 11.2. The molecule has 2 heterocycles. The second-order valence-electron chi connectivity index (χ2n) is 18.9. The number of anilines is 2. The SMILES string of the molecule is CCN(Cc1nnc(-c2cccc(NC(=O)COCCOC)c2)nn1)C(=O)Oc1ccc(CO)cc1.CCN(Cc1nnc(-c2cccc(NC(=O)COCCOC)c2)nn1)C(=O)Oc1ccc(CO[Si](C)(C)C(C)(C)C)cc1. The van der Waals surface area contributed by atoms with Crippen LogP contribution in [0.1, 0.15) is 57.4 Å². The first kappa shape index (κ1) is 62.1. The summed E-state index contributed by atoms with van der Waals surface area (Å²) in [5.74, 6) is 1.24. The molecule has 0 fully saturated rings. The average Bonchev–Trinajstić information content (AvgIpc) is 3.46. The van der Waals surface area contributed by atoms with E-state index in [1.54, 1.807) is 106 Å². The highest BCUT2D eigenvalue weighted by atomic mass is 28.4. The minimum atomic E-state index is -1.86. The van der Waals surface area contributed by atoms with Gasteiger partial charge in [0.15, 0.2) is 20.0 Å². The maximum Gasteiger partial charge on any atom is 0.415 e. The molecule has 4 amide bonds. The Morgan fingerprint density at radius 3 is 1.34 bits per heavy atom. The van der Waals surface area contributed by atoms with E-state index >= 15 is 0 Å². The van der Waals surface area contributed by atoms with Crippen molar-refractivity contribution in [3.05, 3.63) is 120 Å². The van der Waals surface area contributed by atoms with Crippen LogP contribution < -0.4 is 20.1 Å². The van der Waals surface area contributed by atoms with Crippen molar-refractivity contribution in [1.82, 2.24) is 50.6 Å². The van der Waals surface area contributed by atoms with Crippen molar-refractivity contribution < 1.29 is 57.1 Å². The quantitative estimate of drug-likeness (QED) is 0.0360. The maximum atomic E-state index is 12.9. The van der Waals surface area contributed by atoms with Gasteiger partial charge < -0.3 is 58.4 Å². The summed E-state index contributed by atoms with van der Waals surface area (Å²) in [5.41, 5.74) is 4.07. The van der Waals surface area contributed by atoms with Gasteiger partial charge in [0, 0.05) is 49.8 Å². The molecule has 6 aromatic rings. The molecule has 24 nitrogen and oxygen atoms in total. The molecule has 0 unspecified atom stereocenters. The summed E-state index contributed by atoms with van der Waals surface area (Å²) in [6.07, 6.45) is -1.10. The van der Waals surface area contributed by atoms with Gasteiger partial charge in [-0.05, 0) is 91.6 Å². The van der Waals surface area contributed by atoms with Crippen LogP contribution in [0.15, 0.2) is 97.1 Å². The number of hydrogen-bond acceptors (Lipinski definition) is 20. The van der Waals surface area contributed by atoms with Gasteiger partial charge >= 0.3 is 12.2 Å². The van der Waals surface area contributed by atoms with Gasteiger partial charge in [-0.1, -0.05) is 69.3 Å². The molecule has 2 aromatic heterocycles. The van der Waals surface area contributed by atoms with Crippen molar-refractivity contribution in [2.75, 3.05) is 77.6 Å². The zero-order chi connectivity index (χ0) is 57.2. The Morgan fingerprint density at radius 1 is 0.570 bits per heavy atom. The lowest BCUT2D eigenvalue weighted by Crippen LogP contribution is -2.40. The highest BCUT2D eigenvalue weighted by molar-refractivity contribution is 6.74. The van der Waals surface area contributed by atoms with Crippen molar-refractivity contribution >= 4 is 43.7 Å². The molecular formula is C54H70N12O12Si. The smallest absolute Gasteiger partial charge is 0.413 e. The Balaban J connectivity index is 0.000000295. The molecule has 0 saturated heterocycles. The fourth-order valence-corrected chi connectivity index (χ4v) is 7.38. The van der Waals surface area contributed by atoms with Crippen LogP contribution in [0.3, 0.4) is 0 Å². The van der Waals surface area contributed by atoms with Crippen molar-refractivity contribution in [2.24, 2.45) is 0 Å². The number of aliphatic hydroxyl groups is 1. The van der Waals surface area contributed by atoms with E-state index in [0.29, 0.717) is 85.7 Å². The van der Waals surface area contributed by atoms with Gasteiger partial charge in [0.25, 0.3) is 0 Å². The zero-order valence-electron chi connectivity index (χ0n) is 46.1. The van der Waals surface area contributed by atoms with Crippen LogP contribution in [0, 0.1) is 0 Å². The molecule has 3 N–H and O–H groups in total. The number of methoxy groups -OCH3 is 2. The fraction of sp³-hybridized carbons (Fsp3) is 0.407. The number of rotatable bonds is 26. The minimum Gasteiger partial charge on any atom is -0.413 e. The monoisotopic (exact) mass is 1110 g/mol. The van der Waals surface area contributed by atoms with Crippen LogP contribution >= 0.6 is 0 Å². The number of benzene rings is 4. The summed E-state index contributed by atoms with van der Waals surface area (Å²) in [5, 5.41) is 47.8. The first-order valence-corrected chi connectivity index (χ1v) is 28.3. The summed E-state index contributed by atoms with van der Waals surface area (Å²) in [6.45, 7) is 17.3. The number of carbonyl (C=O) groups is 4. The molecule has 422 valence electrons. The van der Waals surface area contributed by atoms with Crippen LogP contribution in [0.5, 0.6) is 11.5 Å². The standard InChI is InChI=1S/C30H42N6O6Si.C24H28N6O6/c1-8-36(29(38)42-25-14-12-22(13-15-25)20-41-43(6,7)30(2,3)4)19-26-32-34-28(35-33-26)23-10-9-11-24(18-23)31-27(37)21-40-17-16-39-5;1-3-30(24(33)36-20-9-7-17(15-31)8-10-20)14-21-26-28-23(29-27-21)18-5-4-6-19(13-18)25-22(32)16-35-12-11-34-2/h9-15,18H,8,16-17,19-21H2,1-7H3,(H,31,37);4-10,13,31H,3,11-12,14-16H2,1-2H3,(H,25,32). The maximum absolute atomic E-state index is 12.9. The van der Waals surface area contributed by atoms with E-state index in [1.165, 1.54) is 9.80 Å². The van der Waals surface area contributed by atoms with Gasteiger partial charge in [-0.15, -0.1) is 40.8 Å². The molecule has 4 aromatic carbocycles. The Hall–Kier alpha value is -7.78. The van der Waals surface area contributed by atoms with E-state index in [2.05, 4.69) is 85.3 Å². The second-order valence-corrected chi connectivity index (χ2v) is 23.7. The largest absolute Gasteiger partial charge is 0.415 e. The number of nitrogens with zero attached hydrogens (tertiary/aromatic N) is 10. The molecule has 6 rings (SSSR count). The molecule has 0 bridgehead atoms. The lowest BCUT2D eigenvalue weighted by Gasteiger charge is -2.36. The van der Waals surface area contributed by atoms with Crippen LogP contribution in [-0.4, -0.2) is 155 Å². The lowest BCUT2D eigenvalue weighted by molar-refractivity contribution is -0.121. The van der Waals surface area contributed by atoms with E-state index < -0.39 is 20.5 Å². The van der Waals surface area contributed by atoms with Gasteiger partial charge in [-0.25, -0.2) is 9.59 Å². The molecule has 0 radical (unpaired) electrons. The fourth-order valence-electron chi connectivity index (χ4n) is 6.42. The Morgan fingerprint density at radius 2 is 0.975 bits per heavy atom. The van der Waals surface area contributed by atoms with E-state index in [9.17, 15) is 19.2 Å². The number of ether oxygens (including phenoxy) is 6. The van der Waals surface area contributed by atoms with Crippen molar-refractivity contribution in [3.63, 3.8) is 0 Å². The van der Waals surface area contributed by atoms with Gasteiger partial charge in [0.2, 0.25) is 23.5 Å². The number of aromatic nitrogens is 8. The summed E-state index contributed by atoms with van der Waals surface area (Å²) in [4.78, 5) is 52.3. The van der Waals surface area contributed by atoms with Gasteiger partial charge in [0.05, 0.1) is 52.7 Å². The summed E-state index contributed by atoms with van der Waals surface area (Å²) >= 11 is 0. The molecule has 79 heavy (non-hydrogen) atoms. The third kappa shape index (κ3) is 20.8. The van der Waals surface area contributed by atoms with Crippen LogP contribution in [-0.2, 0) is 59.3 Å². The molecular weight excluding hydrogens is 1040 g/mol. The minimum absolute atomic E-state index is 0.0590. The molecule has 0 atom stereocenters. The summed E-state index contributed by atoms with van der Waals surface area (Å²) < 4.78 is 37.4. The molecule has 0 aliphatic heterocycles. The van der Waals surface area contributed by atoms with Crippen LogP contribution in [0.2, 0.25) is 18.1 Å². The van der Waals surface area contributed by atoms with Gasteiger partial charge in [-0.2, -0.15) is 0 Å². The molecule has 0 spiro atoms. The summed E-state index contributed by atoms with van der Waals surface area (Å²) in [6, 6.07) is 27.8. The first-order chi connectivity index (χ1) is 37.9. The molecule has 0 saturated carbocycles. The Bertz CT molecular complexity index is 2850. The number of hydrogen-bond donors (Lipinski definition) is 3. The zero-order valence-corrected chi connectivity index (χ0v) is 47.1. The number of carbonyl (C=O) groups excluding carboxylic acids is 4. The predicted octanol–water partition coefficient (Wildman–Crippen LogP) is 7.13. The highest BCUT2D eigenvalue weighted by Gasteiger charge is 2.37. The van der Waals surface area contributed by atoms with Crippen molar-refractivity contribution in [2.45, 2.75) is 79.1 Å². The number of amides is 4. The third-order valence-electron chi connectivity index (χ3n) is 12.0. The van der Waals surface area contributed by atoms with Crippen molar-refractivity contribution in [3.8, 4) is 34.3 Å². The Labute approximate surface area is 460 Å². The molecule has 25 heteroatoms. The van der Waals surface area contributed by atoms with Crippen molar-refractivity contribution in [1.29, 1.82) is 0 Å². The van der Waals surface area contributed by atoms with E-state index in [4.69, 9.17) is 38.0 Å². The second kappa shape index (κ2) is 31.6. The average molecular weight is 1110 g/mol. The number of aliphatic hydroxyl groups excluding tert-OH is 1. The Kier molecular flexibility index (Phi) is 24.8.